The molecule has 0 radical (unpaired) electrons. The van der Waals surface area contributed by atoms with E-state index < -0.39 is 11.7 Å². The molecule has 3 fully saturated rings. The molecule has 180 valence electrons. The van der Waals surface area contributed by atoms with Crippen molar-refractivity contribution in [2.24, 2.45) is 17.3 Å². The number of amides is 1. The van der Waals surface area contributed by atoms with E-state index in [9.17, 15) is 18.0 Å². The number of alkyl halides is 3. The lowest BCUT2D eigenvalue weighted by molar-refractivity contribution is -0.138. The maximum Gasteiger partial charge on any atom is 0.417 e. The molecule has 0 aromatic heterocycles. The van der Waals surface area contributed by atoms with E-state index in [0.29, 0.717) is 38.5 Å². The van der Waals surface area contributed by atoms with Crippen LogP contribution in [0.15, 0.2) is 18.2 Å². The Kier molecular flexibility index (Phi) is 6.90. The standard InChI is InChI=1S/C25H32F3N3O2/c1-33-16-20-15-31(23(32)18-5-3-2-4-6-18)17-24(20)9-11-30(12-10-24)21-8-7-19(14-29)22(13-21)25(26,27)28/h7-8,13,18,20H,2-6,9-12,15-17H2,1H3. The van der Waals surface area contributed by atoms with E-state index >= 15 is 0 Å². The highest BCUT2D eigenvalue weighted by molar-refractivity contribution is 5.79. The molecule has 2 saturated heterocycles. The predicted octanol–water partition coefficient (Wildman–Crippen LogP) is 4.85. The molecule has 2 heterocycles. The van der Waals surface area contributed by atoms with Crippen LogP contribution in [-0.4, -0.2) is 50.7 Å². The highest BCUT2D eigenvalue weighted by atomic mass is 19.4. The molecule has 3 aliphatic rings. The van der Waals surface area contributed by atoms with Crippen LogP contribution in [0.5, 0.6) is 0 Å². The van der Waals surface area contributed by atoms with Gasteiger partial charge in [-0.15, -0.1) is 0 Å². The minimum absolute atomic E-state index is 0.0592. The van der Waals surface area contributed by atoms with Crippen LogP contribution in [0.3, 0.4) is 0 Å². The lowest BCUT2D eigenvalue weighted by Crippen LogP contribution is -2.45. The lowest BCUT2D eigenvalue weighted by atomic mass is 9.71. The number of halogens is 3. The Labute approximate surface area is 193 Å². The second-order valence-electron chi connectivity index (χ2n) is 9.89. The maximum atomic E-state index is 13.4. The fraction of sp³-hybridized carbons (Fsp3) is 0.680. The predicted molar refractivity (Wildman–Crippen MR) is 119 cm³/mol. The summed E-state index contributed by atoms with van der Waals surface area (Å²) in [5.41, 5.74) is -0.804. The first-order valence-electron chi connectivity index (χ1n) is 11.9. The normalized spacial score (nSPS) is 23.7. The molecule has 1 aromatic rings. The third-order valence-corrected chi connectivity index (χ3v) is 8.00. The Bertz CT molecular complexity index is 897. The summed E-state index contributed by atoms with van der Waals surface area (Å²) in [5, 5.41) is 9.06. The largest absolute Gasteiger partial charge is 0.417 e. The number of ether oxygens (including phenoxy) is 1. The zero-order chi connectivity index (χ0) is 23.6. The van der Waals surface area contributed by atoms with E-state index in [1.54, 1.807) is 19.2 Å². The molecule has 1 spiro atoms. The molecule has 5 nitrogen and oxygen atoms in total. The SMILES string of the molecule is COCC1CN(C(=O)C2CCCCC2)CC12CCN(c1ccc(C#N)c(C(F)(F)F)c1)CC2. The van der Waals surface area contributed by atoms with Gasteiger partial charge < -0.3 is 14.5 Å². The lowest BCUT2D eigenvalue weighted by Gasteiger charge is -2.43. The summed E-state index contributed by atoms with van der Waals surface area (Å²) in [6, 6.07) is 5.60. The summed E-state index contributed by atoms with van der Waals surface area (Å²) in [6.07, 6.45) is 2.45. The summed E-state index contributed by atoms with van der Waals surface area (Å²) >= 11 is 0. The van der Waals surface area contributed by atoms with Crippen molar-refractivity contribution in [2.45, 2.75) is 51.1 Å². The van der Waals surface area contributed by atoms with E-state index in [1.165, 1.54) is 12.5 Å². The molecule has 0 N–H and O–H groups in total. The van der Waals surface area contributed by atoms with Gasteiger partial charge in [0.05, 0.1) is 23.8 Å². The van der Waals surface area contributed by atoms with Crippen LogP contribution in [0.1, 0.15) is 56.1 Å². The molecule has 2 aliphatic heterocycles. The van der Waals surface area contributed by atoms with Crippen molar-refractivity contribution in [3.63, 3.8) is 0 Å². The van der Waals surface area contributed by atoms with E-state index in [2.05, 4.69) is 0 Å². The average molecular weight is 464 g/mol. The van der Waals surface area contributed by atoms with Gasteiger partial charge in [-0.2, -0.15) is 18.4 Å². The molecule has 4 rings (SSSR count). The second kappa shape index (κ2) is 9.54. The Morgan fingerprint density at radius 2 is 1.91 bits per heavy atom. The number of likely N-dealkylation sites (tertiary alicyclic amines) is 1. The molecule has 1 aromatic carbocycles. The van der Waals surface area contributed by atoms with Crippen molar-refractivity contribution in [2.75, 3.05) is 44.8 Å². The topological polar surface area (TPSA) is 56.6 Å². The number of methoxy groups -OCH3 is 1. The first-order valence-corrected chi connectivity index (χ1v) is 11.9. The van der Waals surface area contributed by atoms with Gasteiger partial charge in [0.2, 0.25) is 5.91 Å². The van der Waals surface area contributed by atoms with Crippen molar-refractivity contribution in [1.29, 1.82) is 5.26 Å². The summed E-state index contributed by atoms with van der Waals surface area (Å²) in [7, 11) is 1.68. The number of hydrogen-bond acceptors (Lipinski definition) is 4. The van der Waals surface area contributed by atoms with Crippen LogP contribution in [0, 0.1) is 28.6 Å². The zero-order valence-electron chi connectivity index (χ0n) is 19.2. The third kappa shape index (κ3) is 4.84. The van der Waals surface area contributed by atoms with Crippen molar-refractivity contribution < 1.29 is 22.7 Å². The summed E-state index contributed by atoms with van der Waals surface area (Å²) in [4.78, 5) is 17.2. The number of anilines is 1. The molecular weight excluding hydrogens is 431 g/mol. The van der Waals surface area contributed by atoms with Crippen molar-refractivity contribution in [1.82, 2.24) is 4.90 Å². The summed E-state index contributed by atoms with van der Waals surface area (Å²) in [6.45, 7) is 3.25. The van der Waals surface area contributed by atoms with Crippen LogP contribution in [0.4, 0.5) is 18.9 Å². The number of carbonyl (C=O) groups excluding carboxylic acids is 1. The smallest absolute Gasteiger partial charge is 0.384 e. The Morgan fingerprint density at radius 1 is 1.21 bits per heavy atom. The average Bonchev–Trinajstić information content (AvgIpc) is 3.16. The van der Waals surface area contributed by atoms with Gasteiger partial charge in [-0.05, 0) is 49.3 Å². The Balaban J connectivity index is 1.48. The summed E-state index contributed by atoms with van der Waals surface area (Å²) in [5.74, 6) is 0.650. The zero-order valence-corrected chi connectivity index (χ0v) is 19.2. The highest BCUT2D eigenvalue weighted by Crippen LogP contribution is 2.46. The molecule has 1 unspecified atom stereocenters. The minimum Gasteiger partial charge on any atom is -0.384 e. The van der Waals surface area contributed by atoms with Crippen LogP contribution < -0.4 is 4.90 Å². The van der Waals surface area contributed by atoms with Crippen molar-refractivity contribution >= 4 is 11.6 Å². The van der Waals surface area contributed by atoms with Gasteiger partial charge in [0, 0.05) is 50.8 Å². The van der Waals surface area contributed by atoms with Gasteiger partial charge in [0.15, 0.2) is 0 Å². The fourth-order valence-corrected chi connectivity index (χ4v) is 6.08. The summed E-state index contributed by atoms with van der Waals surface area (Å²) < 4.78 is 45.7. The van der Waals surface area contributed by atoms with Gasteiger partial charge >= 0.3 is 6.18 Å². The molecule has 1 amide bonds. The van der Waals surface area contributed by atoms with Gasteiger partial charge in [0.25, 0.3) is 0 Å². The molecular formula is C25H32F3N3O2. The molecule has 1 saturated carbocycles. The van der Waals surface area contributed by atoms with E-state index in [-0.39, 0.29) is 28.7 Å². The molecule has 1 atom stereocenters. The number of piperidine rings is 1. The van der Waals surface area contributed by atoms with Crippen LogP contribution in [0.2, 0.25) is 0 Å². The molecule has 33 heavy (non-hydrogen) atoms. The number of rotatable bonds is 4. The van der Waals surface area contributed by atoms with E-state index in [4.69, 9.17) is 10.00 Å². The van der Waals surface area contributed by atoms with Gasteiger partial charge in [-0.3, -0.25) is 4.79 Å². The van der Waals surface area contributed by atoms with Gasteiger partial charge in [-0.1, -0.05) is 19.3 Å². The number of hydrogen-bond donors (Lipinski definition) is 0. The van der Waals surface area contributed by atoms with E-state index in [0.717, 1.165) is 44.6 Å². The number of nitrogens with zero attached hydrogens (tertiary/aromatic N) is 3. The van der Waals surface area contributed by atoms with Crippen molar-refractivity contribution in [3.05, 3.63) is 29.3 Å². The first kappa shape index (κ1) is 23.9. The third-order valence-electron chi connectivity index (χ3n) is 8.00. The molecule has 1 aliphatic carbocycles. The van der Waals surface area contributed by atoms with Crippen LogP contribution >= 0.6 is 0 Å². The van der Waals surface area contributed by atoms with Crippen molar-refractivity contribution in [3.8, 4) is 6.07 Å². The molecule has 0 bridgehead atoms. The number of nitriles is 1. The monoisotopic (exact) mass is 463 g/mol. The Morgan fingerprint density at radius 3 is 2.52 bits per heavy atom. The number of carbonyl (C=O) groups is 1. The van der Waals surface area contributed by atoms with E-state index in [1.807, 2.05) is 9.80 Å². The Hall–Kier alpha value is -2.27. The first-order chi connectivity index (χ1) is 15.8. The van der Waals surface area contributed by atoms with Gasteiger partial charge in [-0.25, -0.2) is 0 Å². The highest BCUT2D eigenvalue weighted by Gasteiger charge is 2.50. The second-order valence-corrected chi connectivity index (χ2v) is 9.89. The fourth-order valence-electron chi connectivity index (χ4n) is 6.08. The maximum absolute atomic E-state index is 13.4. The van der Waals surface area contributed by atoms with Gasteiger partial charge in [0.1, 0.15) is 0 Å². The molecule has 8 heteroatoms. The van der Waals surface area contributed by atoms with Crippen LogP contribution in [-0.2, 0) is 15.7 Å². The number of benzene rings is 1. The minimum atomic E-state index is -4.56. The quantitative estimate of drug-likeness (QED) is 0.641. The van der Waals surface area contributed by atoms with Crippen LogP contribution in [0.25, 0.3) is 0 Å².